The van der Waals surface area contributed by atoms with Gasteiger partial charge in [-0.15, -0.1) is 0 Å². The number of benzene rings is 7. The molecule has 0 bridgehead atoms. The standard InChI is InChI=1S/C12H20Si2.6C6H5.2Sn/c1-13(2,3)11-7-9-12(10-8-11)14(4,5)6;6*1-2-4-6-5-3-1;;/h7-10H,1,4H2,2-3,5-6H3;6*1-5H;;. The van der Waals surface area contributed by atoms with Crippen molar-refractivity contribution in [2.45, 2.75) is 34.3 Å². The van der Waals surface area contributed by atoms with Gasteiger partial charge in [0.15, 0.2) is 0 Å². The Morgan fingerprint density at radius 1 is 0.269 bits per heavy atom. The van der Waals surface area contributed by atoms with Gasteiger partial charge in [0.1, 0.15) is 0 Å². The molecule has 7 aromatic carbocycles. The fourth-order valence-corrected chi connectivity index (χ4v) is 70.7. The summed E-state index contributed by atoms with van der Waals surface area (Å²) in [6.07, 6.45) is 0. The van der Waals surface area contributed by atoms with E-state index in [1.807, 2.05) is 0 Å². The first-order valence-electron chi connectivity index (χ1n) is 18.7. The summed E-state index contributed by atoms with van der Waals surface area (Å²) in [7, 11) is -3.86. The van der Waals surface area contributed by atoms with Crippen molar-refractivity contribution in [3.63, 3.8) is 0 Å². The molecular formula is C48H50Si2Sn2. The molecule has 0 aromatic heterocycles. The third-order valence-electron chi connectivity index (χ3n) is 11.5. The van der Waals surface area contributed by atoms with Gasteiger partial charge in [-0.2, -0.15) is 0 Å². The summed E-state index contributed by atoms with van der Waals surface area (Å²) in [6, 6.07) is 79.6. The molecule has 258 valence electrons. The van der Waals surface area contributed by atoms with Crippen molar-refractivity contribution in [1.82, 2.24) is 0 Å². The van der Waals surface area contributed by atoms with Crippen LogP contribution in [0, 0.1) is 0 Å². The zero-order chi connectivity index (χ0) is 36.1. The molecule has 0 aliphatic heterocycles. The van der Waals surface area contributed by atoms with Crippen molar-refractivity contribution in [1.29, 1.82) is 0 Å². The Morgan fingerprint density at radius 2 is 0.442 bits per heavy atom. The van der Waals surface area contributed by atoms with E-state index >= 15 is 0 Å². The Hall–Kier alpha value is -3.43. The summed E-state index contributed by atoms with van der Waals surface area (Å²) in [5.41, 5.74) is 0. The van der Waals surface area contributed by atoms with Gasteiger partial charge in [0.05, 0.1) is 0 Å². The molecule has 0 heterocycles. The van der Waals surface area contributed by atoms with Gasteiger partial charge in [-0.05, 0) is 0 Å². The van der Waals surface area contributed by atoms with E-state index in [4.69, 9.17) is 0 Å². The number of hydrogen-bond donors (Lipinski definition) is 0. The first-order valence-corrected chi connectivity index (χ1v) is 37.7. The van der Waals surface area contributed by atoms with Gasteiger partial charge < -0.3 is 0 Å². The summed E-state index contributed by atoms with van der Waals surface area (Å²) < 4.78 is 12.0. The minimum absolute atomic E-state index is 1.29. The SMILES string of the molecule is C[Si](C)([CH2][Sn]([c]1ccccc1)([c]1ccccc1)[c]1ccccc1)c1ccc([Si](C)(C)[CH2][Sn]([c]2ccccc2)([c]2ccccc2)[c]2ccccc2)cc1. The van der Waals surface area contributed by atoms with Gasteiger partial charge in [0, 0.05) is 0 Å². The number of rotatable bonds is 12. The van der Waals surface area contributed by atoms with Crippen molar-refractivity contribution in [2.75, 3.05) is 0 Å². The maximum atomic E-state index is 2.63. The fraction of sp³-hybridized carbons (Fsp3) is 0.125. The zero-order valence-electron chi connectivity index (χ0n) is 31.0. The van der Waals surface area contributed by atoms with E-state index in [9.17, 15) is 0 Å². The van der Waals surface area contributed by atoms with E-state index in [0.717, 1.165) is 0 Å². The molecule has 52 heavy (non-hydrogen) atoms. The van der Waals surface area contributed by atoms with Gasteiger partial charge in [0.2, 0.25) is 0 Å². The van der Waals surface area contributed by atoms with Crippen LogP contribution in [0.4, 0.5) is 0 Å². The van der Waals surface area contributed by atoms with Crippen molar-refractivity contribution in [2.24, 2.45) is 0 Å². The molecule has 0 saturated heterocycles. The monoisotopic (exact) mass is 922 g/mol. The van der Waals surface area contributed by atoms with Crippen LogP contribution in [0.5, 0.6) is 0 Å². The Balaban J connectivity index is 1.29. The van der Waals surface area contributed by atoms with E-state index in [1.54, 1.807) is 31.8 Å². The van der Waals surface area contributed by atoms with Gasteiger partial charge in [-0.3, -0.25) is 0 Å². The molecule has 0 nitrogen and oxygen atoms in total. The summed E-state index contributed by atoms with van der Waals surface area (Å²) >= 11 is -6.87. The third kappa shape index (κ3) is 7.37. The molecule has 0 saturated carbocycles. The average Bonchev–Trinajstić information content (AvgIpc) is 3.21. The molecule has 0 radical (unpaired) electrons. The van der Waals surface area contributed by atoms with Crippen LogP contribution in [0.1, 0.15) is 0 Å². The van der Waals surface area contributed by atoms with Gasteiger partial charge in [-0.1, -0.05) is 0 Å². The number of hydrogen-bond acceptors (Lipinski definition) is 0. The summed E-state index contributed by atoms with van der Waals surface area (Å²) in [4.78, 5) is 0. The third-order valence-corrected chi connectivity index (χ3v) is 64.9. The first kappa shape index (κ1) is 36.9. The Kier molecular flexibility index (Phi) is 11.3. The van der Waals surface area contributed by atoms with E-state index in [-0.39, 0.29) is 0 Å². The van der Waals surface area contributed by atoms with E-state index in [0.29, 0.717) is 0 Å². The normalized spacial score (nSPS) is 12.4. The Morgan fingerprint density at radius 3 is 0.615 bits per heavy atom. The summed E-state index contributed by atoms with van der Waals surface area (Å²) in [6.45, 7) is 10.5. The predicted molar refractivity (Wildman–Crippen MR) is 238 cm³/mol. The molecule has 0 aliphatic rings. The summed E-state index contributed by atoms with van der Waals surface area (Å²) in [5.74, 6) is 0. The maximum absolute atomic E-state index is 3.44. The molecule has 0 amide bonds. The molecule has 4 heteroatoms. The van der Waals surface area contributed by atoms with Crippen LogP contribution < -0.4 is 31.8 Å². The molecule has 0 fully saturated rings. The Labute approximate surface area is 322 Å². The topological polar surface area (TPSA) is 0 Å². The zero-order valence-corrected chi connectivity index (χ0v) is 38.8. The second-order valence-corrected chi connectivity index (χ2v) is 51.4. The second-order valence-electron chi connectivity index (χ2n) is 15.7. The fourth-order valence-electron chi connectivity index (χ4n) is 8.85. The molecule has 0 unspecified atom stereocenters. The van der Waals surface area contributed by atoms with Crippen LogP contribution in [0.3, 0.4) is 0 Å². The minimum atomic E-state index is -3.44. The van der Waals surface area contributed by atoms with Crippen LogP contribution >= 0.6 is 0 Å². The van der Waals surface area contributed by atoms with Crippen LogP contribution in [0.2, 0.25) is 34.3 Å². The second kappa shape index (κ2) is 15.9. The molecule has 7 rings (SSSR count). The van der Waals surface area contributed by atoms with Crippen LogP contribution in [-0.4, -0.2) is 52.9 Å². The van der Waals surface area contributed by atoms with Gasteiger partial charge >= 0.3 is 325 Å². The van der Waals surface area contributed by atoms with Crippen molar-refractivity contribution in [3.8, 4) is 0 Å². The van der Waals surface area contributed by atoms with E-state index in [2.05, 4.69) is 232 Å². The van der Waals surface area contributed by atoms with E-state index in [1.165, 1.54) is 8.12 Å². The molecule has 0 aliphatic carbocycles. The van der Waals surface area contributed by atoms with E-state index < -0.39 is 52.9 Å². The molecular weight excluding hydrogens is 870 g/mol. The van der Waals surface area contributed by atoms with Crippen LogP contribution in [-0.2, 0) is 0 Å². The van der Waals surface area contributed by atoms with Crippen molar-refractivity contribution < 1.29 is 0 Å². The Bertz CT molecular complexity index is 1800. The van der Waals surface area contributed by atoms with Crippen molar-refractivity contribution >= 4 is 84.8 Å². The molecule has 0 N–H and O–H groups in total. The molecule has 7 aromatic rings. The predicted octanol–water partition coefficient (Wildman–Crippen LogP) is 6.94. The van der Waals surface area contributed by atoms with Crippen LogP contribution in [0.25, 0.3) is 0 Å². The molecule has 0 spiro atoms. The van der Waals surface area contributed by atoms with Gasteiger partial charge in [-0.25, -0.2) is 0 Å². The van der Waals surface area contributed by atoms with Crippen LogP contribution in [0.15, 0.2) is 206 Å². The van der Waals surface area contributed by atoms with Gasteiger partial charge in [0.25, 0.3) is 0 Å². The first-order chi connectivity index (χ1) is 25.3. The van der Waals surface area contributed by atoms with Crippen molar-refractivity contribution in [3.05, 3.63) is 206 Å². The summed E-state index contributed by atoms with van der Waals surface area (Å²) in [5, 5.41) is 3.16. The molecule has 0 atom stereocenters. The average molecular weight is 921 g/mol. The quantitative estimate of drug-likeness (QED) is 0.117.